The maximum Gasteiger partial charge on any atom is 0.221 e. The van der Waals surface area contributed by atoms with E-state index in [4.69, 9.17) is 0 Å². The number of carbonyl (C=O) groups is 1. The molecule has 1 aromatic carbocycles. The highest BCUT2D eigenvalue weighted by Crippen LogP contribution is 2.20. The van der Waals surface area contributed by atoms with Crippen LogP contribution in [-0.4, -0.2) is 33.4 Å². The van der Waals surface area contributed by atoms with Crippen LogP contribution >= 0.6 is 0 Å². The van der Waals surface area contributed by atoms with E-state index in [0.29, 0.717) is 25.9 Å². The predicted octanol–water partition coefficient (Wildman–Crippen LogP) is 2.25. The lowest BCUT2D eigenvalue weighted by molar-refractivity contribution is -0.121. The molecular formula is C18H25N3O2. The maximum absolute atomic E-state index is 12.0. The van der Waals surface area contributed by atoms with Gasteiger partial charge in [0.25, 0.3) is 0 Å². The Kier molecular flexibility index (Phi) is 6.35. The van der Waals surface area contributed by atoms with Gasteiger partial charge in [-0.1, -0.05) is 30.3 Å². The van der Waals surface area contributed by atoms with Crippen molar-refractivity contribution in [3.63, 3.8) is 0 Å². The average Bonchev–Trinajstić information content (AvgIpc) is 2.95. The molecule has 124 valence electrons. The molecule has 2 rings (SSSR count). The summed E-state index contributed by atoms with van der Waals surface area (Å²) >= 11 is 0. The number of aryl methyl sites for hydroxylation is 2. The molecule has 1 heterocycles. The lowest BCUT2D eigenvalue weighted by Gasteiger charge is -2.19. The fourth-order valence-electron chi connectivity index (χ4n) is 2.60. The zero-order chi connectivity index (χ0) is 16.7. The molecule has 0 bridgehead atoms. The molecule has 0 aliphatic heterocycles. The number of benzene rings is 1. The van der Waals surface area contributed by atoms with E-state index in [0.717, 1.165) is 11.1 Å². The van der Waals surface area contributed by atoms with E-state index in [1.165, 1.54) is 0 Å². The third kappa shape index (κ3) is 5.87. The van der Waals surface area contributed by atoms with Crippen LogP contribution in [0.5, 0.6) is 0 Å². The zero-order valence-electron chi connectivity index (χ0n) is 13.8. The van der Waals surface area contributed by atoms with E-state index in [9.17, 15) is 9.90 Å². The highest BCUT2D eigenvalue weighted by Gasteiger charge is 2.15. The third-order valence-electron chi connectivity index (χ3n) is 3.77. The van der Waals surface area contributed by atoms with Gasteiger partial charge in [0, 0.05) is 31.6 Å². The molecule has 5 nitrogen and oxygen atoms in total. The first-order valence-corrected chi connectivity index (χ1v) is 8.03. The zero-order valence-corrected chi connectivity index (χ0v) is 13.8. The van der Waals surface area contributed by atoms with Gasteiger partial charge in [0.1, 0.15) is 0 Å². The fraction of sp³-hybridized carbons (Fsp3) is 0.444. The number of carbonyl (C=O) groups excluding carboxylic acids is 1. The van der Waals surface area contributed by atoms with E-state index >= 15 is 0 Å². The van der Waals surface area contributed by atoms with Gasteiger partial charge in [-0.2, -0.15) is 5.10 Å². The molecular weight excluding hydrogens is 290 g/mol. The van der Waals surface area contributed by atoms with Gasteiger partial charge < -0.3 is 10.4 Å². The topological polar surface area (TPSA) is 67.2 Å². The smallest absolute Gasteiger partial charge is 0.221 e. The Bertz CT molecular complexity index is 608. The fourth-order valence-corrected chi connectivity index (χ4v) is 2.60. The summed E-state index contributed by atoms with van der Waals surface area (Å²) in [7, 11) is 0. The van der Waals surface area contributed by atoms with Crippen molar-refractivity contribution in [2.75, 3.05) is 6.54 Å². The van der Waals surface area contributed by atoms with Crippen molar-refractivity contribution in [3.05, 3.63) is 53.9 Å². The lowest BCUT2D eigenvalue weighted by Crippen LogP contribution is -2.30. The number of rotatable bonds is 8. The number of nitrogens with one attached hydrogen (secondary N) is 1. The summed E-state index contributed by atoms with van der Waals surface area (Å²) in [5.41, 5.74) is 2.22. The molecule has 0 spiro atoms. The van der Waals surface area contributed by atoms with E-state index in [2.05, 4.69) is 10.4 Å². The number of hydrogen-bond donors (Lipinski definition) is 2. The second-order valence-electron chi connectivity index (χ2n) is 6.03. The van der Waals surface area contributed by atoms with Gasteiger partial charge in [-0.15, -0.1) is 0 Å². The first kappa shape index (κ1) is 17.2. The van der Waals surface area contributed by atoms with Crippen LogP contribution in [0.25, 0.3) is 0 Å². The Morgan fingerprint density at radius 2 is 2.09 bits per heavy atom. The molecule has 2 unspecified atom stereocenters. The van der Waals surface area contributed by atoms with Crippen molar-refractivity contribution in [2.45, 2.75) is 45.3 Å². The van der Waals surface area contributed by atoms with Crippen LogP contribution in [0.2, 0.25) is 0 Å². The predicted molar refractivity (Wildman–Crippen MR) is 90.1 cm³/mol. The van der Waals surface area contributed by atoms with Gasteiger partial charge in [0.15, 0.2) is 0 Å². The molecule has 0 fully saturated rings. The SMILES string of the molecule is Cc1cnn(CCC(=O)NCC(CC(C)O)c2ccccc2)c1. The first-order valence-electron chi connectivity index (χ1n) is 8.03. The molecule has 2 aromatic rings. The van der Waals surface area contributed by atoms with E-state index < -0.39 is 6.10 Å². The average molecular weight is 315 g/mol. The maximum atomic E-state index is 12.0. The molecule has 1 amide bonds. The number of aliphatic hydroxyl groups excluding tert-OH is 1. The number of aromatic nitrogens is 2. The summed E-state index contributed by atoms with van der Waals surface area (Å²) < 4.78 is 1.78. The highest BCUT2D eigenvalue weighted by molar-refractivity contribution is 5.75. The summed E-state index contributed by atoms with van der Waals surface area (Å²) in [6.07, 6.45) is 4.34. The van der Waals surface area contributed by atoms with Crippen LogP contribution in [0.1, 0.15) is 36.8 Å². The van der Waals surface area contributed by atoms with Crippen molar-refractivity contribution in [3.8, 4) is 0 Å². The Hall–Kier alpha value is -2.14. The summed E-state index contributed by atoms with van der Waals surface area (Å²) in [5.74, 6) is 0.122. The lowest BCUT2D eigenvalue weighted by atomic mass is 9.93. The minimum absolute atomic E-state index is 0.00433. The van der Waals surface area contributed by atoms with Crippen LogP contribution in [0.15, 0.2) is 42.7 Å². The monoisotopic (exact) mass is 315 g/mol. The number of nitrogens with zero attached hydrogens (tertiary/aromatic N) is 2. The normalized spacial score (nSPS) is 13.5. The van der Waals surface area contributed by atoms with Gasteiger partial charge in [0.05, 0.1) is 12.3 Å². The molecule has 23 heavy (non-hydrogen) atoms. The third-order valence-corrected chi connectivity index (χ3v) is 3.77. The first-order chi connectivity index (χ1) is 11.0. The molecule has 2 atom stereocenters. The molecule has 0 saturated heterocycles. The number of aliphatic hydroxyl groups is 1. The highest BCUT2D eigenvalue weighted by atomic mass is 16.3. The van der Waals surface area contributed by atoms with Gasteiger partial charge in [-0.25, -0.2) is 0 Å². The standard InChI is InChI=1S/C18H25N3O2/c1-14-11-20-21(13-14)9-8-18(23)19-12-17(10-15(2)22)16-6-4-3-5-7-16/h3-7,11,13,15,17,22H,8-10,12H2,1-2H3,(H,19,23). The van der Waals surface area contributed by atoms with Crippen molar-refractivity contribution >= 4 is 5.91 Å². The summed E-state index contributed by atoms with van der Waals surface area (Å²) in [5, 5.41) is 16.8. The van der Waals surface area contributed by atoms with Gasteiger partial charge in [-0.05, 0) is 31.4 Å². The van der Waals surface area contributed by atoms with Crippen molar-refractivity contribution in [1.82, 2.24) is 15.1 Å². The van der Waals surface area contributed by atoms with E-state index in [1.54, 1.807) is 17.8 Å². The van der Waals surface area contributed by atoms with Gasteiger partial charge >= 0.3 is 0 Å². The van der Waals surface area contributed by atoms with Gasteiger partial charge in [-0.3, -0.25) is 9.48 Å². The molecule has 0 saturated carbocycles. The second kappa shape index (κ2) is 8.48. The molecule has 0 radical (unpaired) electrons. The summed E-state index contributed by atoms with van der Waals surface area (Å²) in [6, 6.07) is 9.99. The molecule has 0 aliphatic rings. The Balaban J connectivity index is 1.84. The second-order valence-corrected chi connectivity index (χ2v) is 6.03. The van der Waals surface area contributed by atoms with Gasteiger partial charge in [0.2, 0.25) is 5.91 Å². The number of hydrogen-bond acceptors (Lipinski definition) is 3. The van der Waals surface area contributed by atoms with Crippen LogP contribution in [0.4, 0.5) is 0 Å². The van der Waals surface area contributed by atoms with E-state index in [-0.39, 0.29) is 11.8 Å². The largest absolute Gasteiger partial charge is 0.393 e. The molecule has 0 aliphatic carbocycles. The minimum atomic E-state index is -0.399. The van der Waals surface area contributed by atoms with Crippen molar-refractivity contribution in [2.24, 2.45) is 0 Å². The summed E-state index contributed by atoms with van der Waals surface area (Å²) in [4.78, 5) is 12.0. The molecule has 1 aromatic heterocycles. The molecule has 2 N–H and O–H groups in total. The van der Waals surface area contributed by atoms with Crippen LogP contribution in [-0.2, 0) is 11.3 Å². The van der Waals surface area contributed by atoms with Crippen LogP contribution < -0.4 is 5.32 Å². The Morgan fingerprint density at radius 1 is 1.35 bits per heavy atom. The minimum Gasteiger partial charge on any atom is -0.393 e. The van der Waals surface area contributed by atoms with Crippen molar-refractivity contribution in [1.29, 1.82) is 0 Å². The van der Waals surface area contributed by atoms with Crippen LogP contribution in [0, 0.1) is 6.92 Å². The Morgan fingerprint density at radius 3 is 2.70 bits per heavy atom. The van der Waals surface area contributed by atoms with Crippen molar-refractivity contribution < 1.29 is 9.90 Å². The van der Waals surface area contributed by atoms with E-state index in [1.807, 2.05) is 43.5 Å². The quantitative estimate of drug-likeness (QED) is 0.785. The van der Waals surface area contributed by atoms with Crippen LogP contribution in [0.3, 0.4) is 0 Å². The number of amides is 1. The summed E-state index contributed by atoms with van der Waals surface area (Å²) in [6.45, 7) is 4.86. The Labute approximate surface area is 137 Å². The molecule has 5 heteroatoms.